The van der Waals surface area contributed by atoms with Crippen molar-refractivity contribution in [2.45, 2.75) is 25.8 Å². The third-order valence-corrected chi connectivity index (χ3v) is 3.30. The molecule has 0 atom stereocenters. The molecule has 1 heterocycles. The molecule has 0 aliphatic carbocycles. The summed E-state index contributed by atoms with van der Waals surface area (Å²) in [6.07, 6.45) is 0.956. The van der Waals surface area contributed by atoms with Gasteiger partial charge in [0.1, 0.15) is 0 Å². The summed E-state index contributed by atoms with van der Waals surface area (Å²) in [6, 6.07) is 7.41. The number of hydrogen-bond donors (Lipinski definition) is 1. The number of nitrogens with zero attached hydrogens (tertiary/aromatic N) is 1. The van der Waals surface area contributed by atoms with E-state index in [1.54, 1.807) is 0 Å². The molecule has 4 heteroatoms. The number of halogens is 1. The second-order valence-corrected chi connectivity index (χ2v) is 5.27. The molecule has 0 aromatic heterocycles. The van der Waals surface area contributed by atoms with Crippen molar-refractivity contribution in [2.75, 3.05) is 18.0 Å². The maximum absolute atomic E-state index is 12.4. The van der Waals surface area contributed by atoms with Gasteiger partial charge in [-0.2, -0.15) is 0 Å². The Labute approximate surface area is 107 Å². The van der Waals surface area contributed by atoms with E-state index in [-0.39, 0.29) is 5.91 Å². The molecule has 0 radical (unpaired) electrons. The van der Waals surface area contributed by atoms with Crippen LogP contribution in [0.3, 0.4) is 0 Å². The van der Waals surface area contributed by atoms with Gasteiger partial charge >= 0.3 is 0 Å². The SMILES string of the molecule is CC1(C)NCCCN(c2ccc(Cl)cc2)C1=O. The van der Waals surface area contributed by atoms with Crippen LogP contribution in [0.1, 0.15) is 20.3 Å². The Morgan fingerprint density at radius 2 is 1.94 bits per heavy atom. The van der Waals surface area contributed by atoms with Gasteiger partial charge in [-0.3, -0.25) is 4.79 Å². The molecule has 1 N–H and O–H groups in total. The smallest absolute Gasteiger partial charge is 0.246 e. The molecule has 3 nitrogen and oxygen atoms in total. The van der Waals surface area contributed by atoms with E-state index in [0.717, 1.165) is 25.2 Å². The Balaban J connectivity index is 2.30. The molecular formula is C13H17ClN2O. The van der Waals surface area contributed by atoms with E-state index < -0.39 is 5.54 Å². The van der Waals surface area contributed by atoms with Crippen molar-refractivity contribution in [3.8, 4) is 0 Å². The van der Waals surface area contributed by atoms with E-state index in [2.05, 4.69) is 5.32 Å². The van der Waals surface area contributed by atoms with Crippen molar-refractivity contribution in [1.29, 1.82) is 0 Å². The monoisotopic (exact) mass is 252 g/mol. The van der Waals surface area contributed by atoms with E-state index in [1.807, 2.05) is 43.0 Å². The zero-order valence-corrected chi connectivity index (χ0v) is 10.9. The summed E-state index contributed by atoms with van der Waals surface area (Å²) in [6.45, 7) is 5.45. The van der Waals surface area contributed by atoms with E-state index in [1.165, 1.54) is 0 Å². The van der Waals surface area contributed by atoms with Gasteiger partial charge in [0.25, 0.3) is 0 Å². The molecule has 1 aromatic rings. The van der Waals surface area contributed by atoms with E-state index in [0.29, 0.717) is 5.02 Å². The molecule has 2 rings (SSSR count). The van der Waals surface area contributed by atoms with Crippen LogP contribution in [0.5, 0.6) is 0 Å². The van der Waals surface area contributed by atoms with Crippen LogP contribution in [0.25, 0.3) is 0 Å². The number of rotatable bonds is 1. The lowest BCUT2D eigenvalue weighted by Crippen LogP contribution is -2.51. The van der Waals surface area contributed by atoms with Crippen LogP contribution in [0.2, 0.25) is 5.02 Å². The number of anilines is 1. The van der Waals surface area contributed by atoms with Crippen molar-refractivity contribution >= 4 is 23.2 Å². The normalized spacial score (nSPS) is 20.2. The zero-order chi connectivity index (χ0) is 12.5. The molecule has 0 spiro atoms. The highest BCUT2D eigenvalue weighted by atomic mass is 35.5. The van der Waals surface area contributed by atoms with Gasteiger partial charge in [-0.1, -0.05) is 11.6 Å². The minimum atomic E-state index is -0.504. The number of carbonyl (C=O) groups excluding carboxylic acids is 1. The van der Waals surface area contributed by atoms with Gasteiger partial charge in [-0.05, 0) is 51.1 Å². The summed E-state index contributed by atoms with van der Waals surface area (Å²) in [5.41, 5.74) is 0.409. The molecule has 0 unspecified atom stereocenters. The lowest BCUT2D eigenvalue weighted by atomic mass is 10.0. The summed E-state index contributed by atoms with van der Waals surface area (Å²) < 4.78 is 0. The first-order chi connectivity index (χ1) is 8.00. The second kappa shape index (κ2) is 4.67. The first-order valence-electron chi connectivity index (χ1n) is 5.83. The molecule has 1 aliphatic rings. The van der Waals surface area contributed by atoms with Gasteiger partial charge in [-0.15, -0.1) is 0 Å². The van der Waals surface area contributed by atoms with Crippen molar-refractivity contribution in [1.82, 2.24) is 5.32 Å². The molecule has 1 aliphatic heterocycles. The van der Waals surface area contributed by atoms with Crippen LogP contribution < -0.4 is 10.2 Å². The van der Waals surface area contributed by atoms with Crippen LogP contribution in [-0.4, -0.2) is 24.5 Å². The maximum atomic E-state index is 12.4. The summed E-state index contributed by atoms with van der Waals surface area (Å²) in [5, 5.41) is 3.95. The fourth-order valence-corrected chi connectivity index (χ4v) is 2.15. The quantitative estimate of drug-likeness (QED) is 0.833. The maximum Gasteiger partial charge on any atom is 0.246 e. The molecule has 1 saturated heterocycles. The van der Waals surface area contributed by atoms with Crippen molar-refractivity contribution in [3.63, 3.8) is 0 Å². The summed E-state index contributed by atoms with van der Waals surface area (Å²) in [5.74, 6) is 0.109. The van der Waals surface area contributed by atoms with Crippen molar-refractivity contribution in [3.05, 3.63) is 29.3 Å². The second-order valence-electron chi connectivity index (χ2n) is 4.84. The fraction of sp³-hybridized carbons (Fsp3) is 0.462. The van der Waals surface area contributed by atoms with Crippen LogP contribution >= 0.6 is 11.6 Å². The highest BCUT2D eigenvalue weighted by Crippen LogP contribution is 2.22. The topological polar surface area (TPSA) is 32.3 Å². The minimum absolute atomic E-state index is 0.109. The molecule has 1 aromatic carbocycles. The van der Waals surface area contributed by atoms with Gasteiger partial charge in [-0.25, -0.2) is 0 Å². The lowest BCUT2D eigenvalue weighted by molar-refractivity contribution is -0.123. The first kappa shape index (κ1) is 12.4. The average Bonchev–Trinajstić information content (AvgIpc) is 2.41. The fourth-order valence-electron chi connectivity index (χ4n) is 2.02. The molecular weight excluding hydrogens is 236 g/mol. The predicted octanol–water partition coefficient (Wildman–Crippen LogP) is 2.44. The third-order valence-electron chi connectivity index (χ3n) is 3.04. The van der Waals surface area contributed by atoms with Crippen LogP contribution in [0.4, 0.5) is 5.69 Å². The van der Waals surface area contributed by atoms with E-state index >= 15 is 0 Å². The lowest BCUT2D eigenvalue weighted by Gasteiger charge is -2.29. The molecule has 0 saturated carbocycles. The van der Waals surface area contributed by atoms with Gasteiger partial charge < -0.3 is 10.2 Å². The number of amides is 1. The number of nitrogens with one attached hydrogen (secondary N) is 1. The van der Waals surface area contributed by atoms with E-state index in [4.69, 9.17) is 11.6 Å². The largest absolute Gasteiger partial charge is 0.311 e. The number of carbonyl (C=O) groups is 1. The Bertz CT molecular complexity index is 414. The summed E-state index contributed by atoms with van der Waals surface area (Å²) in [4.78, 5) is 14.2. The summed E-state index contributed by atoms with van der Waals surface area (Å²) >= 11 is 5.86. The molecule has 1 amide bonds. The molecule has 1 fully saturated rings. The molecule has 17 heavy (non-hydrogen) atoms. The third kappa shape index (κ3) is 2.61. The Hall–Kier alpha value is -1.06. The summed E-state index contributed by atoms with van der Waals surface area (Å²) in [7, 11) is 0. The standard InChI is InChI=1S/C13H17ClN2O/c1-13(2)12(17)16(9-3-8-15-13)11-6-4-10(14)5-7-11/h4-7,15H,3,8-9H2,1-2H3. The van der Waals surface area contributed by atoms with Crippen LogP contribution in [-0.2, 0) is 4.79 Å². The van der Waals surface area contributed by atoms with Gasteiger partial charge in [0.05, 0.1) is 5.54 Å². The Kier molecular flexibility index (Phi) is 3.40. The van der Waals surface area contributed by atoms with Crippen LogP contribution in [0, 0.1) is 0 Å². The van der Waals surface area contributed by atoms with Gasteiger partial charge in [0.2, 0.25) is 5.91 Å². The van der Waals surface area contributed by atoms with Crippen molar-refractivity contribution in [2.24, 2.45) is 0 Å². The number of hydrogen-bond acceptors (Lipinski definition) is 2. The van der Waals surface area contributed by atoms with Gasteiger partial charge in [0.15, 0.2) is 0 Å². The highest BCUT2D eigenvalue weighted by Gasteiger charge is 2.34. The van der Waals surface area contributed by atoms with Crippen LogP contribution in [0.15, 0.2) is 24.3 Å². The Morgan fingerprint density at radius 3 is 2.59 bits per heavy atom. The van der Waals surface area contributed by atoms with E-state index in [9.17, 15) is 4.79 Å². The first-order valence-corrected chi connectivity index (χ1v) is 6.21. The van der Waals surface area contributed by atoms with Gasteiger partial charge in [0, 0.05) is 17.3 Å². The average molecular weight is 253 g/mol. The minimum Gasteiger partial charge on any atom is -0.311 e. The molecule has 92 valence electrons. The zero-order valence-electron chi connectivity index (χ0n) is 10.2. The molecule has 0 bridgehead atoms. The highest BCUT2D eigenvalue weighted by molar-refractivity contribution is 6.30. The number of benzene rings is 1. The van der Waals surface area contributed by atoms with Crippen molar-refractivity contribution < 1.29 is 4.79 Å². The predicted molar refractivity (Wildman–Crippen MR) is 70.5 cm³/mol. The Morgan fingerprint density at radius 1 is 1.29 bits per heavy atom.